The Morgan fingerprint density at radius 3 is 2.53 bits per heavy atom. The number of phenols is 1. The fourth-order valence-electron chi connectivity index (χ4n) is 2.31. The second-order valence-electron chi connectivity index (χ2n) is 4.55. The predicted molar refractivity (Wildman–Crippen MR) is 76.1 cm³/mol. The smallest absolute Gasteiger partial charge is 0.348 e. The van der Waals surface area contributed by atoms with Crippen LogP contribution >= 0.6 is 11.6 Å². The molecule has 19 heavy (non-hydrogen) atoms. The van der Waals surface area contributed by atoms with Gasteiger partial charge in [0.2, 0.25) is 0 Å². The van der Waals surface area contributed by atoms with Gasteiger partial charge in [-0.15, -0.1) is 0 Å². The number of para-hydroxylation sites is 1. The number of hydrogen-bond donors (Lipinski definition) is 1. The van der Waals surface area contributed by atoms with Crippen LogP contribution in [0.1, 0.15) is 11.1 Å². The van der Waals surface area contributed by atoms with Crippen LogP contribution in [0.15, 0.2) is 33.5 Å². The van der Waals surface area contributed by atoms with E-state index >= 15 is 0 Å². The summed E-state index contributed by atoms with van der Waals surface area (Å²) in [5.41, 5.74) is 1.25. The Morgan fingerprint density at radius 2 is 1.79 bits per heavy atom. The van der Waals surface area contributed by atoms with E-state index in [1.165, 1.54) is 0 Å². The first-order valence-corrected chi connectivity index (χ1v) is 6.23. The van der Waals surface area contributed by atoms with E-state index in [9.17, 15) is 9.90 Å². The molecule has 2 aromatic carbocycles. The molecule has 0 radical (unpaired) electrons. The summed E-state index contributed by atoms with van der Waals surface area (Å²) in [5.74, 6) is -0.0589. The van der Waals surface area contributed by atoms with Crippen molar-refractivity contribution in [3.8, 4) is 5.75 Å². The molecule has 0 unspecified atom stereocenters. The van der Waals surface area contributed by atoms with Crippen LogP contribution in [-0.4, -0.2) is 5.11 Å². The number of halogens is 1. The number of benzene rings is 2. The van der Waals surface area contributed by atoms with Gasteiger partial charge >= 0.3 is 5.63 Å². The molecular formula is C15H11ClO3. The van der Waals surface area contributed by atoms with Gasteiger partial charge in [-0.25, -0.2) is 4.79 Å². The normalized spacial score (nSPS) is 11.3. The van der Waals surface area contributed by atoms with Gasteiger partial charge in [-0.1, -0.05) is 29.8 Å². The minimum Gasteiger partial charge on any atom is -0.507 e. The largest absolute Gasteiger partial charge is 0.507 e. The molecule has 3 nitrogen and oxygen atoms in total. The van der Waals surface area contributed by atoms with E-state index in [-0.39, 0.29) is 11.1 Å². The topological polar surface area (TPSA) is 50.4 Å². The highest BCUT2D eigenvalue weighted by Crippen LogP contribution is 2.39. The lowest BCUT2D eigenvalue weighted by Crippen LogP contribution is -2.02. The van der Waals surface area contributed by atoms with Crippen molar-refractivity contribution < 1.29 is 9.52 Å². The van der Waals surface area contributed by atoms with Gasteiger partial charge in [0.15, 0.2) is 0 Å². The summed E-state index contributed by atoms with van der Waals surface area (Å²) in [6.45, 7) is 3.55. The van der Waals surface area contributed by atoms with Crippen molar-refractivity contribution >= 4 is 33.3 Å². The van der Waals surface area contributed by atoms with E-state index < -0.39 is 5.63 Å². The maximum absolute atomic E-state index is 12.0. The second-order valence-corrected chi connectivity index (χ2v) is 4.93. The van der Waals surface area contributed by atoms with E-state index in [1.807, 2.05) is 19.1 Å². The lowest BCUT2D eigenvalue weighted by Gasteiger charge is -2.11. The average Bonchev–Trinajstić information content (AvgIpc) is 2.41. The SMILES string of the molecule is Cc1c(C)c(Cl)c2c(c1O)c(=O)oc1ccccc12. The summed E-state index contributed by atoms with van der Waals surface area (Å²) in [7, 11) is 0. The van der Waals surface area contributed by atoms with Gasteiger partial charge < -0.3 is 9.52 Å². The third-order valence-electron chi connectivity index (χ3n) is 3.52. The number of rotatable bonds is 0. The number of fused-ring (bicyclic) bond motifs is 3. The van der Waals surface area contributed by atoms with Crippen LogP contribution in [0.25, 0.3) is 21.7 Å². The molecule has 1 aromatic heterocycles. The Morgan fingerprint density at radius 1 is 1.11 bits per heavy atom. The molecule has 0 atom stereocenters. The Balaban J connectivity index is 2.77. The highest BCUT2D eigenvalue weighted by Gasteiger charge is 2.18. The maximum Gasteiger partial charge on any atom is 0.348 e. The highest BCUT2D eigenvalue weighted by molar-refractivity contribution is 6.39. The van der Waals surface area contributed by atoms with Crippen LogP contribution < -0.4 is 5.63 Å². The summed E-state index contributed by atoms with van der Waals surface area (Å²) >= 11 is 6.36. The van der Waals surface area contributed by atoms with Crippen LogP contribution in [0.2, 0.25) is 5.02 Å². The van der Waals surface area contributed by atoms with Gasteiger partial charge in [-0.3, -0.25) is 0 Å². The lowest BCUT2D eigenvalue weighted by atomic mass is 10.00. The van der Waals surface area contributed by atoms with E-state index in [1.54, 1.807) is 19.1 Å². The van der Waals surface area contributed by atoms with Crippen LogP contribution in [0.3, 0.4) is 0 Å². The molecule has 0 saturated carbocycles. The summed E-state index contributed by atoms with van der Waals surface area (Å²) in [6.07, 6.45) is 0. The molecule has 0 spiro atoms. The molecule has 1 heterocycles. The second kappa shape index (κ2) is 4.00. The van der Waals surface area contributed by atoms with Crippen LogP contribution in [0.4, 0.5) is 0 Å². The molecule has 0 aliphatic rings. The first kappa shape index (κ1) is 12.1. The Hall–Kier alpha value is -2.00. The molecule has 1 N–H and O–H groups in total. The molecule has 0 amide bonds. The molecule has 4 heteroatoms. The van der Waals surface area contributed by atoms with E-state index in [0.717, 1.165) is 10.9 Å². The lowest BCUT2D eigenvalue weighted by molar-refractivity contribution is 0.473. The zero-order chi connectivity index (χ0) is 13.7. The first-order valence-electron chi connectivity index (χ1n) is 5.85. The fourth-order valence-corrected chi connectivity index (χ4v) is 2.65. The van der Waals surface area contributed by atoms with Gasteiger partial charge in [-0.2, -0.15) is 0 Å². The Bertz CT molecular complexity index is 878. The maximum atomic E-state index is 12.0. The third-order valence-corrected chi connectivity index (χ3v) is 3.99. The molecule has 96 valence electrons. The van der Waals surface area contributed by atoms with Gasteiger partial charge in [0.1, 0.15) is 16.7 Å². The molecular weight excluding hydrogens is 264 g/mol. The van der Waals surface area contributed by atoms with Crippen LogP contribution in [0.5, 0.6) is 5.75 Å². The molecule has 0 aliphatic heterocycles. The third kappa shape index (κ3) is 1.55. The zero-order valence-corrected chi connectivity index (χ0v) is 11.2. The fraction of sp³-hybridized carbons (Fsp3) is 0.133. The van der Waals surface area contributed by atoms with Crippen molar-refractivity contribution in [2.24, 2.45) is 0 Å². The summed E-state index contributed by atoms with van der Waals surface area (Å²) in [4.78, 5) is 12.0. The molecule has 0 saturated heterocycles. The summed E-state index contributed by atoms with van der Waals surface area (Å²) in [5, 5.41) is 12.1. The van der Waals surface area contributed by atoms with Crippen molar-refractivity contribution in [1.29, 1.82) is 0 Å². The minimum atomic E-state index is -0.573. The van der Waals surface area contributed by atoms with Gasteiger partial charge in [-0.05, 0) is 31.0 Å². The summed E-state index contributed by atoms with van der Waals surface area (Å²) < 4.78 is 5.23. The van der Waals surface area contributed by atoms with Crippen molar-refractivity contribution in [1.82, 2.24) is 0 Å². The van der Waals surface area contributed by atoms with Crippen LogP contribution in [0, 0.1) is 13.8 Å². The van der Waals surface area contributed by atoms with Crippen molar-refractivity contribution in [2.75, 3.05) is 0 Å². The molecule has 0 bridgehead atoms. The van der Waals surface area contributed by atoms with Crippen molar-refractivity contribution in [3.05, 3.63) is 50.8 Å². The monoisotopic (exact) mass is 274 g/mol. The Kier molecular flexibility index (Phi) is 2.54. The predicted octanol–water partition coefficient (Wildman–Crippen LogP) is 3.92. The quantitative estimate of drug-likeness (QED) is 0.499. The minimum absolute atomic E-state index is 0.0589. The van der Waals surface area contributed by atoms with E-state index in [0.29, 0.717) is 21.6 Å². The number of phenolic OH excluding ortho intramolecular Hbond substituents is 1. The van der Waals surface area contributed by atoms with Crippen molar-refractivity contribution in [3.63, 3.8) is 0 Å². The van der Waals surface area contributed by atoms with E-state index in [2.05, 4.69) is 0 Å². The van der Waals surface area contributed by atoms with Gasteiger partial charge in [0.25, 0.3) is 0 Å². The average molecular weight is 275 g/mol. The molecule has 0 aliphatic carbocycles. The first-order chi connectivity index (χ1) is 9.02. The number of hydrogen-bond acceptors (Lipinski definition) is 3. The number of aromatic hydroxyl groups is 1. The highest BCUT2D eigenvalue weighted by atomic mass is 35.5. The Labute approximate surface area is 114 Å². The van der Waals surface area contributed by atoms with Gasteiger partial charge in [0.05, 0.1) is 5.02 Å². The molecule has 0 fully saturated rings. The standard InChI is InChI=1S/C15H11ClO3/c1-7-8(2)14(17)12-11(13(7)16)9-5-3-4-6-10(9)19-15(12)18/h3-6,17H,1-2H3. The molecule has 3 rings (SSSR count). The zero-order valence-electron chi connectivity index (χ0n) is 10.5. The van der Waals surface area contributed by atoms with E-state index in [4.69, 9.17) is 16.0 Å². The van der Waals surface area contributed by atoms with Crippen LogP contribution in [-0.2, 0) is 0 Å². The van der Waals surface area contributed by atoms with Gasteiger partial charge in [0, 0.05) is 10.8 Å². The molecule has 3 aromatic rings. The summed E-state index contributed by atoms with van der Waals surface area (Å²) in [6, 6.07) is 7.15. The van der Waals surface area contributed by atoms with Crippen molar-refractivity contribution in [2.45, 2.75) is 13.8 Å².